The predicted octanol–water partition coefficient (Wildman–Crippen LogP) is 3.97. The number of nitrogens with two attached hydrogens (primary N) is 1. The molecule has 3 aromatic heterocycles. The SMILES string of the molecule is CC1(C)C=C(c2n[nH]c3nc(N4CCC5(CC4)Cc4ccccc4[C@H]5N)[nH]c(=O)c23)c2cc3c(nc2C1)COCC3. The van der Waals surface area contributed by atoms with Gasteiger partial charge in [-0.3, -0.25) is 19.9 Å². The molecule has 1 aromatic carbocycles. The predicted molar refractivity (Wildman–Crippen MR) is 158 cm³/mol. The van der Waals surface area contributed by atoms with Crippen LogP contribution in [-0.4, -0.2) is 44.8 Å². The molecule has 0 unspecified atom stereocenters. The number of rotatable bonds is 2. The zero-order valence-electron chi connectivity index (χ0n) is 23.6. The fourth-order valence-corrected chi connectivity index (χ4v) is 7.58. The molecular formula is C32H35N7O2. The lowest BCUT2D eigenvalue weighted by atomic mass is 9.73. The Morgan fingerprint density at radius 2 is 1.90 bits per heavy atom. The van der Waals surface area contributed by atoms with Crippen molar-refractivity contribution in [3.05, 3.63) is 86.1 Å². The number of anilines is 1. The van der Waals surface area contributed by atoms with Crippen molar-refractivity contribution >= 4 is 22.6 Å². The number of nitrogens with one attached hydrogen (secondary N) is 2. The lowest BCUT2D eigenvalue weighted by Crippen LogP contribution is -2.45. The molecule has 2 aliphatic carbocycles. The number of aromatic nitrogens is 5. The number of hydrogen-bond acceptors (Lipinski definition) is 7. The number of pyridine rings is 1. The van der Waals surface area contributed by atoms with E-state index in [2.05, 4.69) is 70.3 Å². The van der Waals surface area contributed by atoms with Gasteiger partial charge in [0.2, 0.25) is 5.95 Å². The van der Waals surface area contributed by atoms with Crippen molar-refractivity contribution < 1.29 is 4.74 Å². The second-order valence-electron chi connectivity index (χ2n) is 13.0. The largest absolute Gasteiger partial charge is 0.375 e. The zero-order valence-corrected chi connectivity index (χ0v) is 23.6. The first-order valence-electron chi connectivity index (χ1n) is 14.7. The maximum Gasteiger partial charge on any atom is 0.264 e. The van der Waals surface area contributed by atoms with E-state index in [-0.39, 0.29) is 22.4 Å². The molecule has 0 amide bonds. The minimum atomic E-state index is -0.177. The van der Waals surface area contributed by atoms with E-state index in [1.807, 2.05) is 0 Å². The van der Waals surface area contributed by atoms with E-state index in [1.165, 1.54) is 16.7 Å². The number of aromatic amines is 2. The molecule has 4 aliphatic rings. The number of ether oxygens (including phenoxy) is 1. The van der Waals surface area contributed by atoms with Gasteiger partial charge in [0.25, 0.3) is 5.56 Å². The quantitative estimate of drug-likeness (QED) is 0.345. The lowest BCUT2D eigenvalue weighted by molar-refractivity contribution is 0.107. The Balaban J connectivity index is 1.12. The van der Waals surface area contributed by atoms with E-state index < -0.39 is 0 Å². The van der Waals surface area contributed by atoms with Crippen molar-refractivity contribution in [1.82, 2.24) is 25.1 Å². The number of piperidine rings is 1. The topological polar surface area (TPSA) is 126 Å². The summed E-state index contributed by atoms with van der Waals surface area (Å²) in [4.78, 5) is 28.8. The third-order valence-corrected chi connectivity index (χ3v) is 9.80. The van der Waals surface area contributed by atoms with Crippen LogP contribution in [0.25, 0.3) is 16.6 Å². The number of fused-ring (bicyclic) bond motifs is 4. The molecule has 0 radical (unpaired) electrons. The van der Waals surface area contributed by atoms with Crippen molar-refractivity contribution in [3.63, 3.8) is 0 Å². The molecule has 1 fully saturated rings. The van der Waals surface area contributed by atoms with Gasteiger partial charge in [0, 0.05) is 36.0 Å². The first kappa shape index (κ1) is 24.9. The molecule has 9 heteroatoms. The van der Waals surface area contributed by atoms with Crippen LogP contribution in [0.5, 0.6) is 0 Å². The van der Waals surface area contributed by atoms with Crippen LogP contribution in [0.15, 0.2) is 41.2 Å². The maximum atomic E-state index is 13.7. The molecule has 4 N–H and O–H groups in total. The van der Waals surface area contributed by atoms with Crippen LogP contribution in [0.1, 0.15) is 72.1 Å². The van der Waals surface area contributed by atoms with Gasteiger partial charge >= 0.3 is 0 Å². The minimum Gasteiger partial charge on any atom is -0.375 e. The highest BCUT2D eigenvalue weighted by atomic mass is 16.5. The molecule has 1 atom stereocenters. The Bertz CT molecular complexity index is 1790. The zero-order chi connectivity index (χ0) is 27.9. The van der Waals surface area contributed by atoms with Crippen molar-refractivity contribution in [2.45, 2.75) is 58.6 Å². The third kappa shape index (κ3) is 3.89. The smallest absolute Gasteiger partial charge is 0.264 e. The molecule has 5 heterocycles. The molecule has 4 aromatic rings. The summed E-state index contributed by atoms with van der Waals surface area (Å²) in [6.07, 6.45) is 6.83. The van der Waals surface area contributed by atoms with Gasteiger partial charge in [0.05, 0.1) is 18.9 Å². The molecule has 0 saturated carbocycles. The highest BCUT2D eigenvalue weighted by molar-refractivity contribution is 5.94. The second kappa shape index (κ2) is 8.84. The summed E-state index contributed by atoms with van der Waals surface area (Å²) in [7, 11) is 0. The summed E-state index contributed by atoms with van der Waals surface area (Å²) in [5.74, 6) is 0.589. The van der Waals surface area contributed by atoms with Crippen LogP contribution >= 0.6 is 0 Å². The molecule has 2 aliphatic heterocycles. The van der Waals surface area contributed by atoms with E-state index in [1.54, 1.807) is 0 Å². The standard InChI is InChI=1S/C32H35N7O2/c1-31(2)15-22(21-13-18-7-12-41-17-24(18)34-23(21)16-31)26-25-28(38-37-26)35-30(36-29(25)40)39-10-8-32(9-11-39)14-19-5-3-4-6-20(19)27(32)33/h3-6,13,15,27H,7-12,14,16-17,33H2,1-2H3,(H2,35,36,37,38,40)/t27-/m1/s1. The summed E-state index contributed by atoms with van der Waals surface area (Å²) in [6, 6.07) is 10.8. The molecule has 9 nitrogen and oxygen atoms in total. The van der Waals surface area contributed by atoms with E-state index >= 15 is 0 Å². The van der Waals surface area contributed by atoms with Crippen LogP contribution in [0.3, 0.4) is 0 Å². The van der Waals surface area contributed by atoms with Crippen molar-refractivity contribution in [1.29, 1.82) is 0 Å². The average Bonchev–Trinajstić information content (AvgIpc) is 3.51. The molecule has 1 spiro atoms. The molecule has 8 rings (SSSR count). The molecular weight excluding hydrogens is 514 g/mol. The van der Waals surface area contributed by atoms with Gasteiger partial charge in [0.15, 0.2) is 5.65 Å². The number of H-pyrrole nitrogens is 2. The molecule has 210 valence electrons. The summed E-state index contributed by atoms with van der Waals surface area (Å²) < 4.78 is 5.66. The van der Waals surface area contributed by atoms with Crippen molar-refractivity contribution in [3.8, 4) is 0 Å². The van der Waals surface area contributed by atoms with Gasteiger partial charge in [-0.1, -0.05) is 44.2 Å². The van der Waals surface area contributed by atoms with Crippen molar-refractivity contribution in [2.24, 2.45) is 16.6 Å². The average molecular weight is 550 g/mol. The van der Waals surface area contributed by atoms with Gasteiger partial charge < -0.3 is 15.4 Å². The van der Waals surface area contributed by atoms with Crippen molar-refractivity contribution in [2.75, 3.05) is 24.6 Å². The monoisotopic (exact) mass is 549 g/mol. The van der Waals surface area contributed by atoms with Gasteiger partial charge in [0.1, 0.15) is 11.1 Å². The lowest BCUT2D eigenvalue weighted by Gasteiger charge is -2.42. The van der Waals surface area contributed by atoms with Crippen LogP contribution in [0, 0.1) is 10.8 Å². The van der Waals surface area contributed by atoms with E-state index in [0.717, 1.165) is 67.7 Å². The Morgan fingerprint density at radius 1 is 1.07 bits per heavy atom. The fraction of sp³-hybridized carbons (Fsp3) is 0.438. The Labute approximate surface area is 238 Å². The number of hydrogen-bond donors (Lipinski definition) is 3. The van der Waals surface area contributed by atoms with Gasteiger partial charge in [-0.25, -0.2) is 0 Å². The normalized spacial score (nSPS) is 22.4. The summed E-state index contributed by atoms with van der Waals surface area (Å²) in [6.45, 7) is 7.24. The molecule has 0 bridgehead atoms. The highest BCUT2D eigenvalue weighted by Gasteiger charge is 2.46. The molecule has 41 heavy (non-hydrogen) atoms. The first-order chi connectivity index (χ1) is 19.8. The Hall–Kier alpha value is -3.82. The second-order valence-corrected chi connectivity index (χ2v) is 13.0. The number of benzene rings is 1. The van der Waals surface area contributed by atoms with Gasteiger partial charge in [-0.2, -0.15) is 10.1 Å². The summed E-state index contributed by atoms with van der Waals surface area (Å²) in [5.41, 5.74) is 15.6. The fourth-order valence-electron chi connectivity index (χ4n) is 7.58. The first-order valence-corrected chi connectivity index (χ1v) is 14.7. The Kier molecular flexibility index (Phi) is 5.37. The van der Waals surface area contributed by atoms with Crippen LogP contribution in [0.2, 0.25) is 0 Å². The van der Waals surface area contributed by atoms with Crippen LogP contribution in [0.4, 0.5) is 5.95 Å². The maximum absolute atomic E-state index is 13.7. The van der Waals surface area contributed by atoms with E-state index in [0.29, 0.717) is 35.9 Å². The van der Waals surface area contributed by atoms with E-state index in [4.69, 9.17) is 20.4 Å². The van der Waals surface area contributed by atoms with Crippen LogP contribution in [-0.2, 0) is 30.6 Å². The minimum absolute atomic E-state index is 0.0500. The third-order valence-electron chi connectivity index (χ3n) is 9.80. The van der Waals surface area contributed by atoms with E-state index in [9.17, 15) is 4.79 Å². The van der Waals surface area contributed by atoms with Gasteiger partial charge in [-0.05, 0) is 65.7 Å². The molecule has 1 saturated heterocycles. The summed E-state index contributed by atoms with van der Waals surface area (Å²) >= 11 is 0. The highest BCUT2D eigenvalue weighted by Crippen LogP contribution is 2.51. The Morgan fingerprint density at radius 3 is 2.73 bits per heavy atom. The summed E-state index contributed by atoms with van der Waals surface area (Å²) in [5, 5.41) is 8.25. The van der Waals surface area contributed by atoms with Crippen LogP contribution < -0.4 is 16.2 Å². The number of nitrogens with zero attached hydrogens (tertiary/aromatic N) is 4. The number of allylic oxidation sites excluding steroid dienone is 1. The van der Waals surface area contributed by atoms with Gasteiger partial charge in [-0.15, -0.1) is 0 Å².